The number of tetrazole rings is 1. The number of carbonyl (C=O) groups is 1. The first-order chi connectivity index (χ1) is 9.63. The molecule has 6 nitrogen and oxygen atoms in total. The third-order valence-electron chi connectivity index (χ3n) is 3.47. The number of aliphatic carboxylic acids is 1. The number of benzene rings is 1. The summed E-state index contributed by atoms with van der Waals surface area (Å²) in [4.78, 5) is 11.5. The highest BCUT2D eigenvalue weighted by Crippen LogP contribution is 2.22. The van der Waals surface area contributed by atoms with E-state index in [1.54, 1.807) is 0 Å². The molecule has 0 aliphatic heterocycles. The van der Waals surface area contributed by atoms with Crippen LogP contribution in [0.4, 0.5) is 0 Å². The quantitative estimate of drug-likeness (QED) is 0.870. The van der Waals surface area contributed by atoms with Gasteiger partial charge in [-0.15, -0.1) is 5.10 Å². The molecule has 2 atom stereocenters. The molecular formula is C14H18N4O2. The van der Waals surface area contributed by atoms with Crippen LogP contribution in [0, 0.1) is 5.92 Å². The summed E-state index contributed by atoms with van der Waals surface area (Å²) in [5.41, 5.74) is 1.05. The Bertz CT molecular complexity index is 568. The van der Waals surface area contributed by atoms with Crippen LogP contribution in [0.5, 0.6) is 0 Å². The zero-order chi connectivity index (χ0) is 14.5. The minimum atomic E-state index is -0.902. The van der Waals surface area contributed by atoms with E-state index < -0.39 is 12.0 Å². The van der Waals surface area contributed by atoms with Crippen molar-refractivity contribution in [1.29, 1.82) is 0 Å². The lowest BCUT2D eigenvalue weighted by molar-refractivity contribution is -0.143. The van der Waals surface area contributed by atoms with E-state index in [0.29, 0.717) is 12.2 Å². The smallest absolute Gasteiger partial charge is 0.328 e. The highest BCUT2D eigenvalue weighted by Gasteiger charge is 2.29. The minimum absolute atomic E-state index is 0.0366. The normalized spacial score (nSPS) is 13.9. The van der Waals surface area contributed by atoms with Crippen LogP contribution >= 0.6 is 0 Å². The second-order valence-corrected chi connectivity index (χ2v) is 4.87. The molecule has 1 heterocycles. The Labute approximate surface area is 117 Å². The number of hydrogen-bond donors (Lipinski definition) is 1. The fourth-order valence-electron chi connectivity index (χ4n) is 2.14. The zero-order valence-corrected chi connectivity index (χ0v) is 11.6. The molecule has 0 saturated carbocycles. The van der Waals surface area contributed by atoms with Gasteiger partial charge in [-0.1, -0.05) is 50.6 Å². The summed E-state index contributed by atoms with van der Waals surface area (Å²) in [5.74, 6) is -0.365. The molecule has 0 saturated heterocycles. The lowest BCUT2D eigenvalue weighted by Crippen LogP contribution is -2.28. The van der Waals surface area contributed by atoms with Gasteiger partial charge in [0, 0.05) is 6.42 Å². The van der Waals surface area contributed by atoms with E-state index in [-0.39, 0.29) is 5.92 Å². The highest BCUT2D eigenvalue weighted by atomic mass is 16.4. The van der Waals surface area contributed by atoms with Crippen molar-refractivity contribution in [2.45, 2.75) is 32.7 Å². The predicted molar refractivity (Wildman–Crippen MR) is 73.2 cm³/mol. The summed E-state index contributed by atoms with van der Waals surface area (Å²) in [7, 11) is 0. The van der Waals surface area contributed by atoms with Crippen molar-refractivity contribution in [3.63, 3.8) is 0 Å². The molecule has 0 aliphatic carbocycles. The number of carboxylic acids is 1. The lowest BCUT2D eigenvalue weighted by Gasteiger charge is -2.19. The van der Waals surface area contributed by atoms with E-state index in [9.17, 15) is 9.90 Å². The molecule has 0 fully saturated rings. The Balaban J connectivity index is 2.29. The van der Waals surface area contributed by atoms with Crippen LogP contribution in [-0.2, 0) is 11.2 Å². The first-order valence-electron chi connectivity index (χ1n) is 6.67. The minimum Gasteiger partial charge on any atom is -0.480 e. The Morgan fingerprint density at radius 3 is 2.65 bits per heavy atom. The van der Waals surface area contributed by atoms with Crippen molar-refractivity contribution in [2.75, 3.05) is 0 Å². The third-order valence-corrected chi connectivity index (χ3v) is 3.47. The molecule has 1 N–H and O–H groups in total. The second-order valence-electron chi connectivity index (χ2n) is 4.87. The Morgan fingerprint density at radius 2 is 2.05 bits per heavy atom. The van der Waals surface area contributed by atoms with Crippen LogP contribution in [0.2, 0.25) is 0 Å². The van der Waals surface area contributed by atoms with Gasteiger partial charge in [-0.3, -0.25) is 0 Å². The largest absolute Gasteiger partial charge is 0.480 e. The molecule has 1 aromatic carbocycles. The third kappa shape index (κ3) is 3.01. The average Bonchev–Trinajstić information content (AvgIpc) is 2.87. The molecule has 2 unspecified atom stereocenters. The number of hydrogen-bond acceptors (Lipinski definition) is 4. The summed E-state index contributed by atoms with van der Waals surface area (Å²) in [5, 5.41) is 20.9. The molecule has 2 aromatic rings. The molecule has 1 aromatic heterocycles. The van der Waals surface area contributed by atoms with Gasteiger partial charge in [-0.2, -0.15) is 0 Å². The van der Waals surface area contributed by atoms with Crippen molar-refractivity contribution in [2.24, 2.45) is 5.92 Å². The summed E-state index contributed by atoms with van der Waals surface area (Å²) in [6.45, 7) is 3.86. The fraction of sp³-hybridized carbons (Fsp3) is 0.429. The van der Waals surface area contributed by atoms with Gasteiger partial charge in [0.15, 0.2) is 11.9 Å². The Hall–Kier alpha value is -2.24. The molecule has 0 amide bonds. The Kier molecular flexibility index (Phi) is 4.45. The number of nitrogens with zero attached hydrogens (tertiary/aromatic N) is 4. The summed E-state index contributed by atoms with van der Waals surface area (Å²) in [6.07, 6.45) is 1.27. The summed E-state index contributed by atoms with van der Waals surface area (Å²) < 4.78 is 1.43. The van der Waals surface area contributed by atoms with Gasteiger partial charge < -0.3 is 5.11 Å². The van der Waals surface area contributed by atoms with E-state index >= 15 is 0 Å². The van der Waals surface area contributed by atoms with Crippen LogP contribution in [0.25, 0.3) is 0 Å². The van der Waals surface area contributed by atoms with Crippen LogP contribution in [0.1, 0.15) is 37.7 Å². The molecule has 0 aliphatic rings. The lowest BCUT2D eigenvalue weighted by atomic mass is 9.99. The maximum absolute atomic E-state index is 11.5. The van der Waals surface area contributed by atoms with Gasteiger partial charge in [0.25, 0.3) is 0 Å². The molecule has 0 spiro atoms. The van der Waals surface area contributed by atoms with E-state index in [2.05, 4.69) is 15.5 Å². The van der Waals surface area contributed by atoms with Gasteiger partial charge in [0.1, 0.15) is 0 Å². The topological polar surface area (TPSA) is 80.9 Å². The first-order valence-corrected chi connectivity index (χ1v) is 6.67. The average molecular weight is 274 g/mol. The van der Waals surface area contributed by atoms with Crippen LogP contribution in [0.15, 0.2) is 30.3 Å². The number of carboxylic acid groups (broad SMARTS) is 1. The first kappa shape index (κ1) is 14.2. The van der Waals surface area contributed by atoms with Gasteiger partial charge in [-0.25, -0.2) is 9.48 Å². The second kappa shape index (κ2) is 6.27. The summed E-state index contributed by atoms with van der Waals surface area (Å²) >= 11 is 0. The van der Waals surface area contributed by atoms with E-state index in [1.807, 2.05) is 44.2 Å². The highest BCUT2D eigenvalue weighted by molar-refractivity contribution is 5.72. The van der Waals surface area contributed by atoms with Crippen molar-refractivity contribution < 1.29 is 9.90 Å². The molecular weight excluding hydrogens is 256 g/mol. The standard InChI is InChI=1S/C14H18N4O2/c1-3-10(2)13(14(19)20)18-12(15-16-17-18)9-11-7-5-4-6-8-11/h4-8,10,13H,3,9H2,1-2H3,(H,19,20). The molecule has 0 radical (unpaired) electrons. The zero-order valence-electron chi connectivity index (χ0n) is 11.6. The van der Waals surface area contributed by atoms with Gasteiger partial charge >= 0.3 is 5.97 Å². The predicted octanol–water partition coefficient (Wildman–Crippen LogP) is 1.94. The number of aromatic nitrogens is 4. The van der Waals surface area contributed by atoms with Crippen molar-refractivity contribution in [3.05, 3.63) is 41.7 Å². The van der Waals surface area contributed by atoms with Gasteiger partial charge in [-0.05, 0) is 21.9 Å². The van der Waals surface area contributed by atoms with Gasteiger partial charge in [0.05, 0.1) is 0 Å². The monoisotopic (exact) mass is 274 g/mol. The Morgan fingerprint density at radius 1 is 1.35 bits per heavy atom. The van der Waals surface area contributed by atoms with Gasteiger partial charge in [0.2, 0.25) is 0 Å². The molecule has 6 heteroatoms. The van der Waals surface area contributed by atoms with Crippen molar-refractivity contribution in [3.8, 4) is 0 Å². The summed E-state index contributed by atoms with van der Waals surface area (Å²) in [6, 6.07) is 9.02. The molecule has 2 rings (SSSR count). The van der Waals surface area contributed by atoms with E-state index in [1.165, 1.54) is 4.68 Å². The van der Waals surface area contributed by atoms with E-state index in [4.69, 9.17) is 0 Å². The molecule has 106 valence electrons. The fourth-order valence-corrected chi connectivity index (χ4v) is 2.14. The van der Waals surface area contributed by atoms with E-state index in [0.717, 1.165) is 12.0 Å². The maximum Gasteiger partial charge on any atom is 0.328 e. The van der Waals surface area contributed by atoms with Crippen LogP contribution < -0.4 is 0 Å². The van der Waals surface area contributed by atoms with Crippen molar-refractivity contribution >= 4 is 5.97 Å². The molecule has 0 bridgehead atoms. The van der Waals surface area contributed by atoms with Crippen LogP contribution in [-0.4, -0.2) is 31.3 Å². The van der Waals surface area contributed by atoms with Crippen LogP contribution in [0.3, 0.4) is 0 Å². The number of rotatable bonds is 6. The maximum atomic E-state index is 11.5. The van der Waals surface area contributed by atoms with Crippen molar-refractivity contribution in [1.82, 2.24) is 20.2 Å². The SMILES string of the molecule is CCC(C)C(C(=O)O)n1nnnc1Cc1ccccc1. The molecule has 20 heavy (non-hydrogen) atoms.